The summed E-state index contributed by atoms with van der Waals surface area (Å²) >= 11 is 0. The van der Waals surface area contributed by atoms with Crippen LogP contribution in [0.1, 0.15) is 45.6 Å². The first kappa shape index (κ1) is 17.8. The highest BCUT2D eigenvalue weighted by atomic mass is 16.6. The molecule has 1 saturated carbocycles. The molecule has 0 bridgehead atoms. The fourth-order valence-corrected chi connectivity index (χ4v) is 2.64. The highest BCUT2D eigenvalue weighted by Crippen LogP contribution is 2.32. The first-order valence-electron chi connectivity index (χ1n) is 8.68. The van der Waals surface area contributed by atoms with Gasteiger partial charge in [0.1, 0.15) is 5.60 Å². The predicted octanol–water partition coefficient (Wildman–Crippen LogP) is 3.51. The standard InChI is InChI=1S/C19H30N2O2/c1-19(2,3)23-18(22)21-14-17(16-11-12-16)20-13-7-10-15-8-5-4-6-9-15/h4-6,8-9,16-17,20H,7,10-14H2,1-3H3,(H,21,22). The Kier molecular flexibility index (Phi) is 6.46. The van der Waals surface area contributed by atoms with Gasteiger partial charge in [0.05, 0.1) is 0 Å². The number of hydrogen-bond donors (Lipinski definition) is 2. The lowest BCUT2D eigenvalue weighted by atomic mass is 10.1. The number of aryl methyl sites for hydroxylation is 1. The van der Waals surface area contributed by atoms with Crippen molar-refractivity contribution in [2.45, 2.75) is 58.1 Å². The highest BCUT2D eigenvalue weighted by Gasteiger charge is 2.31. The average molecular weight is 318 g/mol. The van der Waals surface area contributed by atoms with Crippen LogP contribution in [0.25, 0.3) is 0 Å². The van der Waals surface area contributed by atoms with Gasteiger partial charge < -0.3 is 15.4 Å². The lowest BCUT2D eigenvalue weighted by Gasteiger charge is -2.22. The molecule has 1 aromatic rings. The lowest BCUT2D eigenvalue weighted by molar-refractivity contribution is 0.0521. The number of carbonyl (C=O) groups is 1. The molecule has 0 aromatic heterocycles. The van der Waals surface area contributed by atoms with E-state index in [1.807, 2.05) is 26.8 Å². The monoisotopic (exact) mass is 318 g/mol. The topological polar surface area (TPSA) is 50.4 Å². The number of rotatable bonds is 8. The number of ether oxygens (including phenoxy) is 1. The molecule has 23 heavy (non-hydrogen) atoms. The van der Waals surface area contributed by atoms with Gasteiger partial charge in [0.25, 0.3) is 0 Å². The molecular formula is C19H30N2O2. The van der Waals surface area contributed by atoms with Gasteiger partial charge in [-0.05, 0) is 64.5 Å². The van der Waals surface area contributed by atoms with Gasteiger partial charge in [-0.3, -0.25) is 0 Å². The van der Waals surface area contributed by atoms with Crippen molar-refractivity contribution >= 4 is 6.09 Å². The minimum Gasteiger partial charge on any atom is -0.444 e. The van der Waals surface area contributed by atoms with E-state index < -0.39 is 5.60 Å². The minimum absolute atomic E-state index is 0.325. The van der Waals surface area contributed by atoms with Crippen LogP contribution in [0.2, 0.25) is 0 Å². The van der Waals surface area contributed by atoms with Crippen LogP contribution >= 0.6 is 0 Å². The van der Waals surface area contributed by atoms with Crippen molar-refractivity contribution in [2.24, 2.45) is 5.92 Å². The van der Waals surface area contributed by atoms with Crippen LogP contribution in [0.15, 0.2) is 30.3 Å². The van der Waals surface area contributed by atoms with E-state index in [4.69, 9.17) is 4.74 Å². The Balaban J connectivity index is 1.65. The summed E-state index contributed by atoms with van der Waals surface area (Å²) in [6.45, 7) is 7.27. The summed E-state index contributed by atoms with van der Waals surface area (Å²) in [5.41, 5.74) is 0.937. The van der Waals surface area contributed by atoms with Crippen LogP contribution in [-0.4, -0.2) is 30.8 Å². The summed E-state index contributed by atoms with van der Waals surface area (Å²) in [5.74, 6) is 0.696. The normalized spacial score (nSPS) is 16.0. The molecule has 1 aromatic carbocycles. The van der Waals surface area contributed by atoms with Gasteiger partial charge >= 0.3 is 6.09 Å². The zero-order chi connectivity index (χ0) is 16.7. The molecule has 1 aliphatic rings. The van der Waals surface area contributed by atoms with E-state index in [2.05, 4.69) is 34.9 Å². The number of nitrogens with one attached hydrogen (secondary N) is 2. The van der Waals surface area contributed by atoms with E-state index in [1.165, 1.54) is 18.4 Å². The molecule has 0 heterocycles. The molecule has 2 N–H and O–H groups in total. The zero-order valence-electron chi connectivity index (χ0n) is 14.6. The van der Waals surface area contributed by atoms with Crippen LogP contribution in [-0.2, 0) is 11.2 Å². The molecule has 2 rings (SSSR count). The van der Waals surface area contributed by atoms with Crippen molar-refractivity contribution in [1.82, 2.24) is 10.6 Å². The summed E-state index contributed by atoms with van der Waals surface area (Å²) in [5, 5.41) is 6.50. The summed E-state index contributed by atoms with van der Waals surface area (Å²) < 4.78 is 5.29. The number of hydrogen-bond acceptors (Lipinski definition) is 3. The third-order valence-corrected chi connectivity index (χ3v) is 3.95. The first-order chi connectivity index (χ1) is 10.9. The van der Waals surface area contributed by atoms with Crippen LogP contribution in [0.4, 0.5) is 4.79 Å². The Morgan fingerprint density at radius 2 is 1.96 bits per heavy atom. The Morgan fingerprint density at radius 3 is 2.57 bits per heavy atom. The summed E-state index contributed by atoms with van der Waals surface area (Å²) in [7, 11) is 0. The maximum absolute atomic E-state index is 11.8. The van der Waals surface area contributed by atoms with Crippen molar-refractivity contribution in [3.63, 3.8) is 0 Å². The molecule has 128 valence electrons. The van der Waals surface area contributed by atoms with Gasteiger partial charge in [0.15, 0.2) is 0 Å². The molecule has 0 spiro atoms. The molecule has 1 unspecified atom stereocenters. The SMILES string of the molecule is CC(C)(C)OC(=O)NCC(NCCCc1ccccc1)C1CC1. The fourth-order valence-electron chi connectivity index (χ4n) is 2.64. The Hall–Kier alpha value is -1.55. The molecule has 1 amide bonds. The van der Waals surface area contributed by atoms with Crippen LogP contribution < -0.4 is 10.6 Å². The summed E-state index contributed by atoms with van der Waals surface area (Å²) in [6, 6.07) is 10.9. The smallest absolute Gasteiger partial charge is 0.407 e. The third-order valence-electron chi connectivity index (χ3n) is 3.95. The van der Waals surface area contributed by atoms with E-state index in [9.17, 15) is 4.79 Å². The van der Waals surface area contributed by atoms with E-state index in [0.29, 0.717) is 18.5 Å². The number of benzene rings is 1. The minimum atomic E-state index is -0.442. The van der Waals surface area contributed by atoms with Gasteiger partial charge in [-0.1, -0.05) is 30.3 Å². The summed E-state index contributed by atoms with van der Waals surface area (Å²) in [4.78, 5) is 11.8. The van der Waals surface area contributed by atoms with Gasteiger partial charge in [-0.25, -0.2) is 4.79 Å². The lowest BCUT2D eigenvalue weighted by Crippen LogP contribution is -2.44. The fraction of sp³-hybridized carbons (Fsp3) is 0.632. The van der Waals surface area contributed by atoms with Crippen molar-refractivity contribution in [2.75, 3.05) is 13.1 Å². The molecule has 1 aliphatic carbocycles. The van der Waals surface area contributed by atoms with Crippen molar-refractivity contribution < 1.29 is 9.53 Å². The molecule has 0 saturated heterocycles. The Bertz CT molecular complexity index is 478. The Morgan fingerprint density at radius 1 is 1.26 bits per heavy atom. The van der Waals surface area contributed by atoms with Gasteiger partial charge in [-0.15, -0.1) is 0 Å². The van der Waals surface area contributed by atoms with Gasteiger partial charge in [0.2, 0.25) is 0 Å². The number of carbonyl (C=O) groups excluding carboxylic acids is 1. The van der Waals surface area contributed by atoms with E-state index in [-0.39, 0.29) is 6.09 Å². The van der Waals surface area contributed by atoms with E-state index in [0.717, 1.165) is 19.4 Å². The second kappa shape index (κ2) is 8.34. The van der Waals surface area contributed by atoms with Crippen LogP contribution in [0.3, 0.4) is 0 Å². The largest absolute Gasteiger partial charge is 0.444 e. The number of alkyl carbamates (subject to hydrolysis) is 1. The van der Waals surface area contributed by atoms with Crippen molar-refractivity contribution in [3.8, 4) is 0 Å². The maximum atomic E-state index is 11.8. The third kappa shape index (κ3) is 7.51. The molecule has 0 aliphatic heterocycles. The molecule has 1 fully saturated rings. The van der Waals surface area contributed by atoms with Crippen LogP contribution in [0.5, 0.6) is 0 Å². The predicted molar refractivity (Wildman–Crippen MR) is 93.5 cm³/mol. The first-order valence-corrected chi connectivity index (χ1v) is 8.68. The number of amides is 1. The van der Waals surface area contributed by atoms with Gasteiger partial charge in [-0.2, -0.15) is 0 Å². The summed E-state index contributed by atoms with van der Waals surface area (Å²) in [6.07, 6.45) is 4.39. The zero-order valence-corrected chi connectivity index (χ0v) is 14.6. The maximum Gasteiger partial charge on any atom is 0.407 e. The highest BCUT2D eigenvalue weighted by molar-refractivity contribution is 5.67. The average Bonchev–Trinajstić information content (AvgIpc) is 3.30. The van der Waals surface area contributed by atoms with Gasteiger partial charge in [0, 0.05) is 12.6 Å². The molecule has 4 heteroatoms. The van der Waals surface area contributed by atoms with Crippen LogP contribution in [0, 0.1) is 5.92 Å². The quantitative estimate of drug-likeness (QED) is 0.721. The van der Waals surface area contributed by atoms with E-state index in [1.54, 1.807) is 0 Å². The van der Waals surface area contributed by atoms with Crippen molar-refractivity contribution in [3.05, 3.63) is 35.9 Å². The molecule has 1 atom stereocenters. The molecule has 4 nitrogen and oxygen atoms in total. The van der Waals surface area contributed by atoms with E-state index >= 15 is 0 Å². The Labute approximate surface area is 140 Å². The molecule has 0 radical (unpaired) electrons. The molecular weight excluding hydrogens is 288 g/mol. The second-order valence-corrected chi connectivity index (χ2v) is 7.37. The second-order valence-electron chi connectivity index (χ2n) is 7.37. The van der Waals surface area contributed by atoms with Crippen molar-refractivity contribution in [1.29, 1.82) is 0 Å².